The number of anilines is 1. The predicted octanol–water partition coefficient (Wildman–Crippen LogP) is 7.53. The number of thiocarbonyl (C=S) groups is 1. The van der Waals surface area contributed by atoms with Gasteiger partial charge in [-0.15, -0.1) is 0 Å². The minimum absolute atomic E-state index is 0.0000883. The zero-order valence-electron chi connectivity index (χ0n) is 21.4. The van der Waals surface area contributed by atoms with Gasteiger partial charge in [0.05, 0.1) is 16.7 Å². The molecule has 0 spiro atoms. The average molecular weight is 549 g/mol. The largest absolute Gasteiger partial charge is 0.459 e. The molecule has 0 aliphatic carbocycles. The van der Waals surface area contributed by atoms with Crippen LogP contribution in [0.5, 0.6) is 11.5 Å². The number of rotatable bonds is 7. The standard InChI is InChI=1S/C31H24N4O4S/c1-20-8-12-24(13-9-20)38-25-14-10-22(11-15-25)34-30(29(33-31(34)40)26-7-2-3-18-32-26)28-17-16-27(39-28)21-5-4-6-23(19-21)35(36)37/h2-19,29-30H,1H3,(H,33,40)/t29-,30-/m0/s1. The Bertz CT molecular complexity index is 1670. The fraction of sp³-hybridized carbons (Fsp3) is 0.0968. The maximum Gasteiger partial charge on any atom is 0.270 e. The highest BCUT2D eigenvalue weighted by Crippen LogP contribution is 2.43. The van der Waals surface area contributed by atoms with Crippen molar-refractivity contribution in [2.75, 3.05) is 4.90 Å². The van der Waals surface area contributed by atoms with Crippen LogP contribution < -0.4 is 15.0 Å². The van der Waals surface area contributed by atoms with Gasteiger partial charge in [-0.1, -0.05) is 35.9 Å². The normalized spacial score (nSPS) is 16.5. The Kier molecular flexibility index (Phi) is 6.71. The molecule has 6 rings (SSSR count). The number of nitro groups is 1. The van der Waals surface area contributed by atoms with Crippen molar-refractivity contribution < 1.29 is 14.1 Å². The van der Waals surface area contributed by atoms with Crippen molar-refractivity contribution in [3.05, 3.63) is 136 Å². The summed E-state index contributed by atoms with van der Waals surface area (Å²) in [7, 11) is 0. The van der Waals surface area contributed by atoms with Gasteiger partial charge in [0.25, 0.3) is 5.69 Å². The summed E-state index contributed by atoms with van der Waals surface area (Å²) in [6, 6.07) is 30.8. The van der Waals surface area contributed by atoms with E-state index in [0.717, 1.165) is 22.7 Å². The number of nitrogens with zero attached hydrogens (tertiary/aromatic N) is 3. The van der Waals surface area contributed by atoms with Crippen LogP contribution in [0.2, 0.25) is 0 Å². The molecule has 0 amide bonds. The SMILES string of the molecule is Cc1ccc(Oc2ccc(N3C(=S)N[C@@H](c4ccccn4)[C@@H]3c3ccc(-c4cccc([N+](=O)[O-])c4)o3)cc2)cc1. The molecule has 2 atom stereocenters. The Hall–Kier alpha value is -5.02. The molecular formula is C31H24N4O4S. The summed E-state index contributed by atoms with van der Waals surface area (Å²) in [5.41, 5.74) is 3.45. The van der Waals surface area contributed by atoms with E-state index in [0.29, 0.717) is 27.9 Å². The van der Waals surface area contributed by atoms with Crippen LogP contribution in [0.25, 0.3) is 11.3 Å². The van der Waals surface area contributed by atoms with Gasteiger partial charge in [0, 0.05) is 29.6 Å². The van der Waals surface area contributed by atoms with Gasteiger partial charge in [-0.2, -0.15) is 0 Å². The summed E-state index contributed by atoms with van der Waals surface area (Å²) in [6.07, 6.45) is 1.74. The van der Waals surface area contributed by atoms with Crippen molar-refractivity contribution in [1.82, 2.24) is 10.3 Å². The first-order valence-corrected chi connectivity index (χ1v) is 13.1. The van der Waals surface area contributed by atoms with Gasteiger partial charge in [0.2, 0.25) is 0 Å². The fourth-order valence-corrected chi connectivity index (χ4v) is 5.12. The Labute approximate surface area is 236 Å². The molecule has 0 bridgehead atoms. The summed E-state index contributed by atoms with van der Waals surface area (Å²) in [4.78, 5) is 17.5. The van der Waals surface area contributed by atoms with E-state index in [-0.39, 0.29) is 17.8 Å². The minimum atomic E-state index is -0.419. The van der Waals surface area contributed by atoms with E-state index < -0.39 is 4.92 Å². The van der Waals surface area contributed by atoms with Crippen molar-refractivity contribution in [2.24, 2.45) is 0 Å². The number of benzene rings is 3. The zero-order valence-corrected chi connectivity index (χ0v) is 22.2. The molecule has 1 N–H and O–H groups in total. The molecule has 0 radical (unpaired) electrons. The van der Waals surface area contributed by atoms with E-state index in [4.69, 9.17) is 21.4 Å². The first-order valence-electron chi connectivity index (χ1n) is 12.7. The molecule has 0 saturated carbocycles. The van der Waals surface area contributed by atoms with Crippen molar-refractivity contribution >= 4 is 28.7 Å². The van der Waals surface area contributed by atoms with Gasteiger partial charge in [-0.05, 0) is 79.8 Å². The third-order valence-corrected chi connectivity index (χ3v) is 7.04. The van der Waals surface area contributed by atoms with Crippen LogP contribution in [0.1, 0.15) is 29.1 Å². The molecule has 9 heteroatoms. The Morgan fingerprint density at radius 1 is 0.950 bits per heavy atom. The molecule has 0 unspecified atom stereocenters. The molecule has 3 aromatic carbocycles. The highest BCUT2D eigenvalue weighted by molar-refractivity contribution is 7.80. The van der Waals surface area contributed by atoms with Gasteiger partial charge in [0.15, 0.2) is 5.11 Å². The number of non-ortho nitro benzene ring substituents is 1. The number of hydrogen-bond acceptors (Lipinski definition) is 6. The zero-order chi connectivity index (χ0) is 27.6. The van der Waals surface area contributed by atoms with Crippen LogP contribution in [0.4, 0.5) is 11.4 Å². The third-order valence-electron chi connectivity index (χ3n) is 6.73. The topological polar surface area (TPSA) is 93.7 Å². The first-order chi connectivity index (χ1) is 19.5. The molecule has 3 heterocycles. The highest BCUT2D eigenvalue weighted by Gasteiger charge is 2.42. The van der Waals surface area contributed by atoms with E-state index in [1.165, 1.54) is 12.1 Å². The summed E-state index contributed by atoms with van der Waals surface area (Å²) < 4.78 is 12.4. The monoisotopic (exact) mass is 548 g/mol. The van der Waals surface area contributed by atoms with Crippen LogP contribution in [0.3, 0.4) is 0 Å². The first kappa shape index (κ1) is 25.3. The Morgan fingerprint density at radius 2 is 1.70 bits per heavy atom. The second-order valence-corrected chi connectivity index (χ2v) is 9.80. The number of nitro benzene ring substituents is 1. The number of nitrogens with one attached hydrogen (secondary N) is 1. The summed E-state index contributed by atoms with van der Waals surface area (Å²) in [5, 5.41) is 15.2. The molecule has 1 aliphatic rings. The van der Waals surface area contributed by atoms with Gasteiger partial charge >= 0.3 is 0 Å². The second kappa shape index (κ2) is 10.6. The number of aryl methyl sites for hydroxylation is 1. The van der Waals surface area contributed by atoms with Crippen molar-refractivity contribution in [3.63, 3.8) is 0 Å². The number of pyridine rings is 1. The van der Waals surface area contributed by atoms with E-state index >= 15 is 0 Å². The van der Waals surface area contributed by atoms with E-state index in [1.807, 2.05) is 90.7 Å². The molecule has 2 aromatic heterocycles. The summed E-state index contributed by atoms with van der Waals surface area (Å²) in [5.74, 6) is 2.63. The molecule has 1 aliphatic heterocycles. The molecule has 8 nitrogen and oxygen atoms in total. The lowest BCUT2D eigenvalue weighted by Gasteiger charge is -2.26. The maximum absolute atomic E-state index is 11.3. The molecular weight excluding hydrogens is 524 g/mol. The summed E-state index contributed by atoms with van der Waals surface area (Å²) in [6.45, 7) is 2.03. The average Bonchev–Trinajstić information content (AvgIpc) is 3.60. The molecule has 198 valence electrons. The second-order valence-electron chi connectivity index (χ2n) is 9.42. The number of ether oxygens (including phenoxy) is 1. The smallest absolute Gasteiger partial charge is 0.270 e. The Balaban J connectivity index is 1.35. The molecule has 40 heavy (non-hydrogen) atoms. The maximum atomic E-state index is 11.3. The third kappa shape index (κ3) is 5.02. The van der Waals surface area contributed by atoms with Crippen molar-refractivity contribution in [2.45, 2.75) is 19.0 Å². The van der Waals surface area contributed by atoms with Crippen LogP contribution in [0.15, 0.2) is 114 Å². The van der Waals surface area contributed by atoms with Gasteiger partial charge in [0.1, 0.15) is 29.1 Å². The van der Waals surface area contributed by atoms with Crippen molar-refractivity contribution in [3.8, 4) is 22.8 Å². The highest BCUT2D eigenvalue weighted by atomic mass is 32.1. The minimum Gasteiger partial charge on any atom is -0.459 e. The van der Waals surface area contributed by atoms with Crippen LogP contribution in [0, 0.1) is 17.0 Å². The van der Waals surface area contributed by atoms with Crippen LogP contribution >= 0.6 is 12.2 Å². The van der Waals surface area contributed by atoms with E-state index in [1.54, 1.807) is 18.3 Å². The fourth-order valence-electron chi connectivity index (χ4n) is 4.78. The predicted molar refractivity (Wildman–Crippen MR) is 156 cm³/mol. The van der Waals surface area contributed by atoms with Gasteiger partial charge < -0.3 is 19.4 Å². The van der Waals surface area contributed by atoms with Crippen LogP contribution in [-0.2, 0) is 0 Å². The quantitative estimate of drug-likeness (QED) is 0.127. The molecule has 1 saturated heterocycles. The van der Waals surface area contributed by atoms with E-state index in [2.05, 4.69) is 10.3 Å². The molecule has 1 fully saturated rings. The summed E-state index contributed by atoms with van der Waals surface area (Å²) >= 11 is 5.81. The lowest BCUT2D eigenvalue weighted by atomic mass is 10.0. The van der Waals surface area contributed by atoms with Crippen molar-refractivity contribution in [1.29, 1.82) is 0 Å². The van der Waals surface area contributed by atoms with Gasteiger partial charge in [-0.25, -0.2) is 0 Å². The van der Waals surface area contributed by atoms with Gasteiger partial charge in [-0.3, -0.25) is 15.1 Å². The number of aromatic nitrogens is 1. The number of furan rings is 1. The molecule has 5 aromatic rings. The van der Waals surface area contributed by atoms with E-state index in [9.17, 15) is 10.1 Å². The Morgan fingerprint density at radius 3 is 2.40 bits per heavy atom. The number of hydrogen-bond donors (Lipinski definition) is 1. The van der Waals surface area contributed by atoms with Crippen LogP contribution in [-0.4, -0.2) is 15.0 Å². The lowest BCUT2D eigenvalue weighted by Crippen LogP contribution is -2.29. The lowest BCUT2D eigenvalue weighted by molar-refractivity contribution is -0.384.